The van der Waals surface area contributed by atoms with E-state index in [-0.39, 0.29) is 0 Å². The average Bonchev–Trinajstić information content (AvgIpc) is 3.02. The lowest BCUT2D eigenvalue weighted by molar-refractivity contribution is 0.00578. The largest absolute Gasteiger partial charge is 0.514 e. The van der Waals surface area contributed by atoms with Gasteiger partial charge in [-0.3, -0.25) is 4.98 Å². The molecule has 1 aromatic heterocycles. The first kappa shape index (κ1) is 14.0. The van der Waals surface area contributed by atoms with Crippen molar-refractivity contribution in [3.63, 3.8) is 0 Å². The Labute approximate surface area is 118 Å². The first-order valence-corrected chi connectivity index (χ1v) is 6.89. The molecule has 0 atom stereocenters. The quantitative estimate of drug-likeness (QED) is 0.834. The Morgan fingerprint density at radius 3 is 2.25 bits per heavy atom. The molecule has 2 heterocycles. The number of hydrogen-bond acceptors (Lipinski definition) is 4. The summed E-state index contributed by atoms with van der Waals surface area (Å²) in [7, 11) is -0.680. The molecular formula is C14H19BFNO3. The lowest BCUT2D eigenvalue weighted by atomic mass is 9.79. The van der Waals surface area contributed by atoms with E-state index in [1.54, 1.807) is 0 Å². The van der Waals surface area contributed by atoms with Gasteiger partial charge in [0, 0.05) is 5.56 Å². The lowest BCUT2D eigenvalue weighted by Crippen LogP contribution is -2.41. The molecular weight excluding hydrogens is 260 g/mol. The Morgan fingerprint density at radius 2 is 1.75 bits per heavy atom. The van der Waals surface area contributed by atoms with Crippen molar-refractivity contribution >= 4 is 12.7 Å². The van der Waals surface area contributed by atoms with E-state index < -0.39 is 29.7 Å². The third-order valence-electron chi connectivity index (χ3n) is 4.59. The number of halogens is 1. The molecule has 2 fully saturated rings. The summed E-state index contributed by atoms with van der Waals surface area (Å²) < 4.78 is 25.3. The maximum atomic E-state index is 13.4. The van der Waals surface area contributed by atoms with Crippen LogP contribution >= 0.6 is 0 Å². The lowest BCUT2D eigenvalue weighted by Gasteiger charge is -2.32. The highest BCUT2D eigenvalue weighted by atomic mass is 19.1. The third-order valence-corrected chi connectivity index (χ3v) is 4.59. The zero-order valence-corrected chi connectivity index (χ0v) is 12.2. The third kappa shape index (κ3) is 2.06. The summed E-state index contributed by atoms with van der Waals surface area (Å²) in [6, 6.07) is 1.33. The molecule has 0 radical (unpaired) electrons. The molecule has 1 N–H and O–H groups in total. The van der Waals surface area contributed by atoms with E-state index in [1.807, 2.05) is 27.7 Å². The molecule has 1 aliphatic heterocycles. The Hall–Kier alpha value is -0.975. The Balaban J connectivity index is 2.00. The number of aliphatic hydroxyl groups is 1. The van der Waals surface area contributed by atoms with Crippen LogP contribution in [0.4, 0.5) is 4.39 Å². The average molecular weight is 279 g/mol. The van der Waals surface area contributed by atoms with E-state index >= 15 is 0 Å². The maximum absolute atomic E-state index is 13.4. The molecule has 0 unspecified atom stereocenters. The molecule has 0 amide bonds. The van der Waals surface area contributed by atoms with Crippen molar-refractivity contribution in [2.24, 2.45) is 0 Å². The molecule has 108 valence electrons. The summed E-state index contributed by atoms with van der Waals surface area (Å²) in [5.41, 5.74) is -0.997. The van der Waals surface area contributed by atoms with Gasteiger partial charge >= 0.3 is 7.12 Å². The van der Waals surface area contributed by atoms with Crippen molar-refractivity contribution in [2.45, 2.75) is 57.3 Å². The summed E-state index contributed by atoms with van der Waals surface area (Å²) >= 11 is 0. The van der Waals surface area contributed by atoms with Crippen molar-refractivity contribution in [1.29, 1.82) is 0 Å². The van der Waals surface area contributed by atoms with E-state index in [1.165, 1.54) is 6.07 Å². The minimum absolute atomic E-state index is 0.458. The monoisotopic (exact) mass is 279 g/mol. The number of rotatable bonds is 2. The van der Waals surface area contributed by atoms with Gasteiger partial charge in [0.25, 0.3) is 0 Å². The molecule has 6 heteroatoms. The van der Waals surface area contributed by atoms with E-state index in [4.69, 9.17) is 9.31 Å². The molecule has 1 aliphatic carbocycles. The predicted molar refractivity (Wildman–Crippen MR) is 73.0 cm³/mol. The summed E-state index contributed by atoms with van der Waals surface area (Å²) in [5.74, 6) is -0.458. The van der Waals surface area contributed by atoms with Gasteiger partial charge in [0.2, 0.25) is 0 Å². The van der Waals surface area contributed by atoms with Crippen molar-refractivity contribution in [1.82, 2.24) is 4.98 Å². The second kappa shape index (κ2) is 4.03. The van der Waals surface area contributed by atoms with Gasteiger partial charge in [-0.1, -0.05) is 0 Å². The molecule has 2 aliphatic rings. The molecule has 20 heavy (non-hydrogen) atoms. The summed E-state index contributed by atoms with van der Waals surface area (Å²) in [6.45, 7) is 7.79. The zero-order chi connectivity index (χ0) is 14.8. The second-order valence-electron chi connectivity index (χ2n) is 6.71. The molecule has 1 saturated heterocycles. The number of nitrogens with zero attached hydrogens (tertiary/aromatic N) is 1. The van der Waals surface area contributed by atoms with Crippen LogP contribution in [-0.2, 0) is 14.9 Å². The van der Waals surface area contributed by atoms with Crippen LogP contribution in [0, 0.1) is 5.82 Å². The van der Waals surface area contributed by atoms with Gasteiger partial charge in [-0.25, -0.2) is 4.39 Å². The van der Waals surface area contributed by atoms with Crippen LogP contribution in [0.5, 0.6) is 0 Å². The summed E-state index contributed by atoms with van der Waals surface area (Å²) in [4.78, 5) is 4.11. The first-order valence-electron chi connectivity index (χ1n) is 6.89. The van der Waals surface area contributed by atoms with Crippen LogP contribution in [0.2, 0.25) is 0 Å². The van der Waals surface area contributed by atoms with E-state index in [0.29, 0.717) is 24.0 Å². The highest BCUT2D eigenvalue weighted by Gasteiger charge is 2.55. The minimum Gasteiger partial charge on any atom is -0.398 e. The summed E-state index contributed by atoms with van der Waals surface area (Å²) in [6.07, 6.45) is 2.37. The number of pyridine rings is 1. The zero-order valence-electron chi connectivity index (χ0n) is 12.2. The van der Waals surface area contributed by atoms with Crippen molar-refractivity contribution < 1.29 is 18.8 Å². The van der Waals surface area contributed by atoms with Crippen molar-refractivity contribution in [2.75, 3.05) is 0 Å². The first-order chi connectivity index (χ1) is 9.15. The van der Waals surface area contributed by atoms with E-state index in [0.717, 1.165) is 6.20 Å². The fourth-order valence-electron chi connectivity index (χ4n) is 2.35. The molecule has 0 aromatic carbocycles. The summed E-state index contributed by atoms with van der Waals surface area (Å²) in [5, 5.41) is 10.3. The van der Waals surface area contributed by atoms with Crippen LogP contribution in [-0.4, -0.2) is 28.4 Å². The van der Waals surface area contributed by atoms with Crippen LogP contribution < -0.4 is 5.59 Å². The van der Waals surface area contributed by atoms with Gasteiger partial charge in [-0.2, -0.15) is 0 Å². The maximum Gasteiger partial charge on any atom is 0.514 e. The molecule has 1 aromatic rings. The van der Waals surface area contributed by atoms with Crippen LogP contribution in [0.1, 0.15) is 46.1 Å². The topological polar surface area (TPSA) is 51.6 Å². The van der Waals surface area contributed by atoms with Gasteiger partial charge in [-0.05, 0) is 46.6 Å². The van der Waals surface area contributed by atoms with Crippen LogP contribution in [0.15, 0.2) is 12.3 Å². The van der Waals surface area contributed by atoms with Crippen molar-refractivity contribution in [3.8, 4) is 0 Å². The second-order valence-corrected chi connectivity index (χ2v) is 6.71. The fraction of sp³-hybridized carbons (Fsp3) is 0.643. The molecule has 0 bridgehead atoms. The molecule has 1 saturated carbocycles. The standard InChI is InChI=1S/C14H19BFNO3/c1-12(2)13(3,4)20-15(19-12)11-10(14(18)5-6-14)7-9(16)8-17-11/h7-8,18H,5-6H2,1-4H3. The van der Waals surface area contributed by atoms with E-state index in [2.05, 4.69) is 4.98 Å². The number of hydrogen-bond donors (Lipinski definition) is 1. The SMILES string of the molecule is CC1(C)OB(c2ncc(F)cc2C2(O)CC2)OC1(C)C. The molecule has 3 rings (SSSR count). The van der Waals surface area contributed by atoms with Gasteiger partial charge in [0.1, 0.15) is 5.82 Å². The Morgan fingerprint density at radius 1 is 1.20 bits per heavy atom. The van der Waals surface area contributed by atoms with Gasteiger partial charge < -0.3 is 14.4 Å². The van der Waals surface area contributed by atoms with E-state index in [9.17, 15) is 9.50 Å². The van der Waals surface area contributed by atoms with Gasteiger partial charge in [-0.15, -0.1) is 0 Å². The minimum atomic E-state index is -0.978. The van der Waals surface area contributed by atoms with Crippen molar-refractivity contribution in [3.05, 3.63) is 23.6 Å². The fourth-order valence-corrected chi connectivity index (χ4v) is 2.35. The van der Waals surface area contributed by atoms with Crippen LogP contribution in [0.25, 0.3) is 0 Å². The Kier molecular flexibility index (Phi) is 2.81. The molecule has 0 spiro atoms. The number of aromatic nitrogens is 1. The highest BCUT2D eigenvalue weighted by molar-refractivity contribution is 6.61. The smallest absolute Gasteiger partial charge is 0.398 e. The normalized spacial score (nSPS) is 25.8. The van der Waals surface area contributed by atoms with Crippen LogP contribution in [0.3, 0.4) is 0 Å². The molecule has 4 nitrogen and oxygen atoms in total. The van der Waals surface area contributed by atoms with Gasteiger partial charge in [0.15, 0.2) is 0 Å². The highest BCUT2D eigenvalue weighted by Crippen LogP contribution is 2.45. The predicted octanol–water partition coefficient (Wildman–Crippen LogP) is 1.50. The van der Waals surface area contributed by atoms with Gasteiger partial charge in [0.05, 0.1) is 28.6 Å². The Bertz CT molecular complexity index is 541.